The van der Waals surface area contributed by atoms with E-state index in [4.69, 9.17) is 4.74 Å². The van der Waals surface area contributed by atoms with Gasteiger partial charge < -0.3 is 9.64 Å². The molecule has 71 valence electrons. The van der Waals surface area contributed by atoms with E-state index in [1.807, 2.05) is 0 Å². The van der Waals surface area contributed by atoms with Gasteiger partial charge in [-0.15, -0.1) is 0 Å². The Bertz CT molecular complexity index is 100. The first-order chi connectivity index (χ1) is 5.93. The van der Waals surface area contributed by atoms with Gasteiger partial charge in [-0.1, -0.05) is 6.92 Å². The standard InChI is InChI=1S/C10H20NO/c1-2-9-12-10-5-8-11-6-3-4-7-11/h3H,2,4-10H2,1H3. The Morgan fingerprint density at radius 2 is 2.33 bits per heavy atom. The van der Waals surface area contributed by atoms with Crippen LogP contribution in [0.2, 0.25) is 0 Å². The smallest absolute Gasteiger partial charge is 0.0478 e. The molecule has 0 aromatic carbocycles. The van der Waals surface area contributed by atoms with E-state index in [1.165, 1.54) is 32.5 Å². The highest BCUT2D eigenvalue weighted by Gasteiger charge is 2.09. The fraction of sp³-hybridized carbons (Fsp3) is 0.900. The van der Waals surface area contributed by atoms with E-state index in [-0.39, 0.29) is 0 Å². The predicted molar refractivity (Wildman–Crippen MR) is 51.1 cm³/mol. The Labute approximate surface area is 75.9 Å². The molecule has 0 aliphatic carbocycles. The van der Waals surface area contributed by atoms with E-state index in [0.717, 1.165) is 19.6 Å². The molecular formula is C10H20NO. The van der Waals surface area contributed by atoms with E-state index in [9.17, 15) is 0 Å². The van der Waals surface area contributed by atoms with E-state index in [0.29, 0.717) is 0 Å². The van der Waals surface area contributed by atoms with Gasteiger partial charge in [0.15, 0.2) is 0 Å². The third-order valence-electron chi connectivity index (χ3n) is 2.15. The maximum absolute atomic E-state index is 5.41. The summed E-state index contributed by atoms with van der Waals surface area (Å²) in [5.41, 5.74) is 0. The lowest BCUT2D eigenvalue weighted by Crippen LogP contribution is -2.21. The summed E-state index contributed by atoms with van der Waals surface area (Å²) in [5.74, 6) is 0. The monoisotopic (exact) mass is 170 g/mol. The van der Waals surface area contributed by atoms with Crippen LogP contribution in [-0.4, -0.2) is 37.7 Å². The van der Waals surface area contributed by atoms with Crippen molar-refractivity contribution in [2.24, 2.45) is 0 Å². The van der Waals surface area contributed by atoms with Crippen molar-refractivity contribution in [3.8, 4) is 0 Å². The van der Waals surface area contributed by atoms with Crippen LogP contribution in [0.3, 0.4) is 0 Å². The summed E-state index contributed by atoms with van der Waals surface area (Å²) in [6.07, 6.45) is 5.95. The van der Waals surface area contributed by atoms with E-state index >= 15 is 0 Å². The van der Waals surface area contributed by atoms with Gasteiger partial charge >= 0.3 is 0 Å². The summed E-state index contributed by atoms with van der Waals surface area (Å²) in [6, 6.07) is 0. The molecule has 1 saturated heterocycles. The predicted octanol–water partition coefficient (Wildman–Crippen LogP) is 1.71. The van der Waals surface area contributed by atoms with Crippen LogP contribution >= 0.6 is 0 Å². The van der Waals surface area contributed by atoms with Crippen LogP contribution in [0.15, 0.2) is 0 Å². The van der Waals surface area contributed by atoms with Crippen molar-refractivity contribution in [1.29, 1.82) is 0 Å². The third-order valence-corrected chi connectivity index (χ3v) is 2.15. The van der Waals surface area contributed by atoms with Crippen molar-refractivity contribution in [1.82, 2.24) is 4.90 Å². The Hall–Kier alpha value is -0.0800. The van der Waals surface area contributed by atoms with Crippen LogP contribution in [0.1, 0.15) is 26.2 Å². The molecule has 1 fully saturated rings. The number of ether oxygens (including phenoxy) is 1. The molecule has 0 saturated carbocycles. The van der Waals surface area contributed by atoms with Gasteiger partial charge in [-0.3, -0.25) is 0 Å². The molecule has 0 aromatic rings. The zero-order valence-electron chi connectivity index (χ0n) is 8.09. The van der Waals surface area contributed by atoms with Crippen molar-refractivity contribution >= 4 is 0 Å². The van der Waals surface area contributed by atoms with Crippen molar-refractivity contribution in [2.45, 2.75) is 26.2 Å². The number of hydrogen-bond donors (Lipinski definition) is 0. The molecule has 0 aromatic heterocycles. The second-order valence-corrected chi connectivity index (χ2v) is 3.34. The summed E-state index contributed by atoms with van der Waals surface area (Å²) in [4.78, 5) is 2.48. The largest absolute Gasteiger partial charge is 0.381 e. The maximum atomic E-state index is 5.41. The lowest BCUT2D eigenvalue weighted by Gasteiger charge is -2.13. The molecule has 0 amide bonds. The van der Waals surface area contributed by atoms with Crippen LogP contribution in [0.25, 0.3) is 0 Å². The summed E-state index contributed by atoms with van der Waals surface area (Å²) >= 11 is 0. The molecular weight excluding hydrogens is 150 g/mol. The molecule has 1 aliphatic heterocycles. The summed E-state index contributed by atoms with van der Waals surface area (Å²) < 4.78 is 5.41. The Kier molecular flexibility index (Phi) is 5.37. The Morgan fingerprint density at radius 1 is 1.42 bits per heavy atom. The van der Waals surface area contributed by atoms with Gasteiger partial charge in [0, 0.05) is 26.3 Å². The van der Waals surface area contributed by atoms with Crippen LogP contribution in [-0.2, 0) is 4.74 Å². The fourth-order valence-electron chi connectivity index (χ4n) is 1.48. The molecule has 1 aliphatic rings. The Balaban J connectivity index is 1.81. The number of nitrogens with zero attached hydrogens (tertiary/aromatic N) is 1. The van der Waals surface area contributed by atoms with Crippen molar-refractivity contribution in [2.75, 3.05) is 32.8 Å². The van der Waals surface area contributed by atoms with Crippen LogP contribution in [0.4, 0.5) is 0 Å². The van der Waals surface area contributed by atoms with E-state index < -0.39 is 0 Å². The lowest BCUT2D eigenvalue weighted by atomic mass is 10.4. The van der Waals surface area contributed by atoms with Gasteiger partial charge in [0.25, 0.3) is 0 Å². The number of hydrogen-bond acceptors (Lipinski definition) is 2. The third kappa shape index (κ3) is 4.07. The molecule has 0 bridgehead atoms. The van der Waals surface area contributed by atoms with Crippen LogP contribution in [0.5, 0.6) is 0 Å². The highest BCUT2D eigenvalue weighted by atomic mass is 16.5. The van der Waals surface area contributed by atoms with Gasteiger partial charge in [0.1, 0.15) is 0 Å². The topological polar surface area (TPSA) is 12.5 Å². The average Bonchev–Trinajstić information content (AvgIpc) is 2.57. The molecule has 2 heteroatoms. The van der Waals surface area contributed by atoms with Gasteiger partial charge in [-0.05, 0) is 32.2 Å². The SMILES string of the molecule is CCCOCCCN1C[CH]CC1. The molecule has 1 rings (SSSR count). The van der Waals surface area contributed by atoms with Gasteiger partial charge in [0.05, 0.1) is 0 Å². The molecule has 0 spiro atoms. The number of rotatable bonds is 6. The minimum Gasteiger partial charge on any atom is -0.381 e. The maximum Gasteiger partial charge on any atom is 0.0478 e. The second kappa shape index (κ2) is 6.44. The first-order valence-corrected chi connectivity index (χ1v) is 5.05. The van der Waals surface area contributed by atoms with Crippen LogP contribution in [0, 0.1) is 6.42 Å². The molecule has 1 heterocycles. The zero-order valence-corrected chi connectivity index (χ0v) is 8.09. The van der Waals surface area contributed by atoms with Crippen molar-refractivity contribution in [3.63, 3.8) is 0 Å². The molecule has 1 radical (unpaired) electrons. The van der Waals surface area contributed by atoms with E-state index in [1.54, 1.807) is 0 Å². The molecule has 2 nitrogen and oxygen atoms in total. The molecule has 0 unspecified atom stereocenters. The summed E-state index contributed by atoms with van der Waals surface area (Å²) in [7, 11) is 0. The minimum atomic E-state index is 0.923. The first-order valence-electron chi connectivity index (χ1n) is 5.05. The van der Waals surface area contributed by atoms with Gasteiger partial charge in [-0.2, -0.15) is 0 Å². The normalized spacial score (nSPS) is 18.8. The van der Waals surface area contributed by atoms with Crippen molar-refractivity contribution < 1.29 is 4.74 Å². The lowest BCUT2D eigenvalue weighted by molar-refractivity contribution is 0.124. The average molecular weight is 170 g/mol. The summed E-state index contributed by atoms with van der Waals surface area (Å²) in [6.45, 7) is 7.66. The molecule has 0 atom stereocenters. The highest BCUT2D eigenvalue weighted by molar-refractivity contribution is 4.80. The first kappa shape index (κ1) is 10.0. The number of likely N-dealkylation sites (tertiary alicyclic amines) is 1. The van der Waals surface area contributed by atoms with E-state index in [2.05, 4.69) is 18.2 Å². The fourth-order valence-corrected chi connectivity index (χ4v) is 1.48. The minimum absolute atomic E-state index is 0.923. The summed E-state index contributed by atoms with van der Waals surface area (Å²) in [5, 5.41) is 0. The quantitative estimate of drug-likeness (QED) is 0.563. The second-order valence-electron chi connectivity index (χ2n) is 3.34. The van der Waals surface area contributed by atoms with Crippen molar-refractivity contribution in [3.05, 3.63) is 6.42 Å². The zero-order chi connectivity index (χ0) is 8.65. The van der Waals surface area contributed by atoms with Gasteiger partial charge in [0.2, 0.25) is 0 Å². The Morgan fingerprint density at radius 3 is 3.00 bits per heavy atom. The molecule has 0 N–H and O–H groups in total. The van der Waals surface area contributed by atoms with Gasteiger partial charge in [-0.25, -0.2) is 0 Å². The molecule has 12 heavy (non-hydrogen) atoms. The van der Waals surface area contributed by atoms with Crippen LogP contribution < -0.4 is 0 Å². The highest BCUT2D eigenvalue weighted by Crippen LogP contribution is 2.06.